The number of amides is 1. The quantitative estimate of drug-likeness (QED) is 0.796. The summed E-state index contributed by atoms with van der Waals surface area (Å²) in [4.78, 5) is 12.3. The number of nitrogens with zero attached hydrogens (tertiary/aromatic N) is 2. The molecule has 0 spiro atoms. The Bertz CT molecular complexity index is 928. The number of aryl methyl sites for hydroxylation is 1. The average molecular weight is 333 g/mol. The van der Waals surface area contributed by atoms with E-state index in [4.69, 9.17) is 4.74 Å². The number of hydrogen-bond acceptors (Lipinski definition) is 3. The third kappa shape index (κ3) is 2.78. The summed E-state index contributed by atoms with van der Waals surface area (Å²) < 4.78 is 7.12. The fourth-order valence-electron chi connectivity index (χ4n) is 3.26. The zero-order valence-corrected chi connectivity index (χ0v) is 14.2. The molecule has 0 aliphatic carbocycles. The molecule has 25 heavy (non-hydrogen) atoms. The number of carbonyl (C=O) groups is 1. The van der Waals surface area contributed by atoms with Gasteiger partial charge in [-0.05, 0) is 36.8 Å². The van der Waals surface area contributed by atoms with Crippen LogP contribution in [0, 0.1) is 6.92 Å². The molecule has 126 valence electrons. The van der Waals surface area contributed by atoms with Crippen LogP contribution < -0.4 is 10.1 Å². The van der Waals surface area contributed by atoms with E-state index >= 15 is 0 Å². The van der Waals surface area contributed by atoms with Crippen molar-refractivity contribution < 1.29 is 9.53 Å². The van der Waals surface area contributed by atoms with Gasteiger partial charge in [-0.2, -0.15) is 5.10 Å². The van der Waals surface area contributed by atoms with Gasteiger partial charge in [-0.1, -0.05) is 29.8 Å². The smallest absolute Gasteiger partial charge is 0.226 e. The Morgan fingerprint density at radius 2 is 2.00 bits per heavy atom. The summed E-state index contributed by atoms with van der Waals surface area (Å²) in [7, 11) is 1.65. The van der Waals surface area contributed by atoms with Gasteiger partial charge in [0.05, 0.1) is 19.0 Å². The van der Waals surface area contributed by atoms with Crippen molar-refractivity contribution in [3.8, 4) is 11.4 Å². The molecule has 1 amide bonds. The molecule has 5 nitrogen and oxygen atoms in total. The van der Waals surface area contributed by atoms with Gasteiger partial charge in [0.1, 0.15) is 11.6 Å². The van der Waals surface area contributed by atoms with Crippen molar-refractivity contribution in [1.29, 1.82) is 0 Å². The molecule has 2 aromatic carbocycles. The molecule has 1 unspecified atom stereocenters. The predicted octanol–water partition coefficient (Wildman–Crippen LogP) is 3.66. The van der Waals surface area contributed by atoms with Crippen LogP contribution in [0.15, 0.2) is 54.7 Å². The minimum absolute atomic E-state index is 0.00539. The summed E-state index contributed by atoms with van der Waals surface area (Å²) in [6.07, 6.45) is 2.25. The second-order valence-electron chi connectivity index (χ2n) is 6.28. The van der Waals surface area contributed by atoms with Crippen LogP contribution in [0.1, 0.15) is 29.0 Å². The Hall–Kier alpha value is -3.08. The van der Waals surface area contributed by atoms with Crippen molar-refractivity contribution in [2.45, 2.75) is 19.3 Å². The number of rotatable bonds is 3. The van der Waals surface area contributed by atoms with E-state index < -0.39 is 0 Å². The van der Waals surface area contributed by atoms with Gasteiger partial charge in [-0.25, -0.2) is 4.68 Å². The molecule has 4 rings (SSSR count). The van der Waals surface area contributed by atoms with E-state index in [0.29, 0.717) is 6.42 Å². The highest BCUT2D eigenvalue weighted by Gasteiger charge is 2.30. The van der Waals surface area contributed by atoms with Gasteiger partial charge in [0.2, 0.25) is 5.91 Å². The lowest BCUT2D eigenvalue weighted by Crippen LogP contribution is -2.24. The van der Waals surface area contributed by atoms with Crippen LogP contribution in [0.25, 0.3) is 5.69 Å². The zero-order chi connectivity index (χ0) is 17.4. The van der Waals surface area contributed by atoms with Crippen LogP contribution >= 0.6 is 0 Å². The Kier molecular flexibility index (Phi) is 3.76. The highest BCUT2D eigenvalue weighted by molar-refractivity contribution is 5.94. The number of carbonyl (C=O) groups excluding carboxylic acids is 1. The third-order valence-corrected chi connectivity index (χ3v) is 4.59. The van der Waals surface area contributed by atoms with Crippen molar-refractivity contribution in [1.82, 2.24) is 9.78 Å². The molecule has 0 saturated heterocycles. The number of aromatic nitrogens is 2. The standard InChI is InChI=1S/C20H19N3O2/c1-13-6-8-15(9-7-13)23-20-18(12-21-23)17(11-19(24)22-20)14-4-3-5-16(10-14)25-2/h3-10,12,17H,11H2,1-2H3,(H,22,24). The maximum Gasteiger partial charge on any atom is 0.226 e. The summed E-state index contributed by atoms with van der Waals surface area (Å²) in [5, 5.41) is 7.50. The van der Waals surface area contributed by atoms with Gasteiger partial charge in [-0.15, -0.1) is 0 Å². The van der Waals surface area contributed by atoms with Gasteiger partial charge in [0.15, 0.2) is 0 Å². The lowest BCUT2D eigenvalue weighted by molar-refractivity contribution is -0.116. The van der Waals surface area contributed by atoms with E-state index in [1.807, 2.05) is 61.7 Å². The lowest BCUT2D eigenvalue weighted by atomic mass is 9.87. The van der Waals surface area contributed by atoms with Gasteiger partial charge in [0.25, 0.3) is 0 Å². The van der Waals surface area contributed by atoms with Crippen molar-refractivity contribution in [3.63, 3.8) is 0 Å². The first kappa shape index (κ1) is 15.4. The van der Waals surface area contributed by atoms with Gasteiger partial charge >= 0.3 is 0 Å². The molecule has 0 fully saturated rings. The number of nitrogens with one attached hydrogen (secondary N) is 1. The van der Waals surface area contributed by atoms with Crippen LogP contribution in [-0.2, 0) is 4.79 Å². The molecule has 2 heterocycles. The first-order valence-corrected chi connectivity index (χ1v) is 8.24. The molecule has 0 saturated carbocycles. The number of fused-ring (bicyclic) bond motifs is 1. The fourth-order valence-corrected chi connectivity index (χ4v) is 3.26. The topological polar surface area (TPSA) is 56.1 Å². The van der Waals surface area contributed by atoms with Crippen LogP contribution in [0.2, 0.25) is 0 Å². The Labute approximate surface area is 146 Å². The summed E-state index contributed by atoms with van der Waals surface area (Å²) in [5.74, 6) is 1.50. The molecule has 0 bridgehead atoms. The molecule has 3 aromatic rings. The van der Waals surface area contributed by atoms with E-state index in [0.717, 1.165) is 28.4 Å². The average Bonchev–Trinajstić information content (AvgIpc) is 3.05. The summed E-state index contributed by atoms with van der Waals surface area (Å²) in [5.41, 5.74) is 4.19. The highest BCUT2D eigenvalue weighted by Crippen LogP contribution is 2.38. The Morgan fingerprint density at radius 3 is 2.76 bits per heavy atom. The maximum atomic E-state index is 12.3. The maximum absolute atomic E-state index is 12.3. The molecule has 0 radical (unpaired) electrons. The third-order valence-electron chi connectivity index (χ3n) is 4.59. The first-order valence-electron chi connectivity index (χ1n) is 8.24. The monoisotopic (exact) mass is 333 g/mol. The Balaban J connectivity index is 1.79. The van der Waals surface area contributed by atoms with Gasteiger partial charge in [-0.3, -0.25) is 4.79 Å². The number of anilines is 1. The fraction of sp³-hybridized carbons (Fsp3) is 0.200. The van der Waals surface area contributed by atoms with E-state index in [2.05, 4.69) is 10.4 Å². The molecular weight excluding hydrogens is 314 g/mol. The Morgan fingerprint density at radius 1 is 1.20 bits per heavy atom. The zero-order valence-electron chi connectivity index (χ0n) is 14.2. The van der Waals surface area contributed by atoms with Crippen molar-refractivity contribution in [2.24, 2.45) is 0 Å². The van der Waals surface area contributed by atoms with E-state index in [1.165, 1.54) is 5.56 Å². The van der Waals surface area contributed by atoms with Crippen LogP contribution in [0.3, 0.4) is 0 Å². The van der Waals surface area contributed by atoms with E-state index in [1.54, 1.807) is 11.8 Å². The minimum atomic E-state index is -0.0296. The van der Waals surface area contributed by atoms with Crippen molar-refractivity contribution in [3.05, 3.63) is 71.4 Å². The predicted molar refractivity (Wildman–Crippen MR) is 96.4 cm³/mol. The van der Waals surface area contributed by atoms with E-state index in [9.17, 15) is 4.79 Å². The number of methoxy groups -OCH3 is 1. The second-order valence-corrected chi connectivity index (χ2v) is 6.28. The minimum Gasteiger partial charge on any atom is -0.497 e. The molecule has 1 aliphatic heterocycles. The summed E-state index contributed by atoms with van der Waals surface area (Å²) >= 11 is 0. The lowest BCUT2D eigenvalue weighted by Gasteiger charge is -2.24. The van der Waals surface area contributed by atoms with Crippen LogP contribution in [-0.4, -0.2) is 22.8 Å². The highest BCUT2D eigenvalue weighted by atomic mass is 16.5. The molecule has 1 atom stereocenters. The molecular formula is C20H19N3O2. The summed E-state index contributed by atoms with van der Waals surface area (Å²) in [6, 6.07) is 15.9. The molecule has 1 aromatic heterocycles. The van der Waals surface area contributed by atoms with E-state index in [-0.39, 0.29) is 11.8 Å². The van der Waals surface area contributed by atoms with Crippen molar-refractivity contribution in [2.75, 3.05) is 12.4 Å². The SMILES string of the molecule is COc1cccc(C2CC(=O)Nc3c2cnn3-c2ccc(C)cc2)c1. The number of hydrogen-bond donors (Lipinski definition) is 1. The van der Waals surface area contributed by atoms with Crippen LogP contribution in [0.5, 0.6) is 5.75 Å². The largest absolute Gasteiger partial charge is 0.497 e. The molecule has 1 N–H and O–H groups in total. The first-order chi connectivity index (χ1) is 12.2. The number of benzene rings is 2. The van der Waals surface area contributed by atoms with Crippen LogP contribution in [0.4, 0.5) is 5.82 Å². The normalized spacial score (nSPS) is 16.2. The molecule has 5 heteroatoms. The number of ether oxygens (including phenoxy) is 1. The summed E-state index contributed by atoms with van der Waals surface area (Å²) in [6.45, 7) is 2.04. The van der Waals surface area contributed by atoms with Gasteiger partial charge < -0.3 is 10.1 Å². The van der Waals surface area contributed by atoms with Gasteiger partial charge in [0, 0.05) is 17.9 Å². The molecule has 1 aliphatic rings. The second kappa shape index (κ2) is 6.09. The van der Waals surface area contributed by atoms with Crippen molar-refractivity contribution >= 4 is 11.7 Å².